The summed E-state index contributed by atoms with van der Waals surface area (Å²) in [6.45, 7) is 1.82. The second kappa shape index (κ2) is 8.56. The van der Waals surface area contributed by atoms with Crippen LogP contribution in [0.5, 0.6) is 0 Å². The Morgan fingerprint density at radius 2 is 2.03 bits per heavy atom. The molecular formula is C20H17N5O3S2. The molecule has 2 amide bonds. The van der Waals surface area contributed by atoms with E-state index in [4.69, 9.17) is 10.2 Å². The monoisotopic (exact) mass is 439 g/mol. The summed E-state index contributed by atoms with van der Waals surface area (Å²) in [5.41, 5.74) is 7.56. The molecule has 0 aliphatic rings. The molecule has 4 rings (SSSR count). The Kier molecular flexibility index (Phi) is 5.68. The molecule has 3 aromatic heterocycles. The number of amides is 2. The number of furan rings is 1. The number of benzene rings is 1. The molecule has 4 aromatic rings. The minimum atomic E-state index is -0.407. The molecule has 8 nitrogen and oxygen atoms in total. The molecule has 0 aliphatic carbocycles. The molecule has 152 valence electrons. The van der Waals surface area contributed by atoms with Gasteiger partial charge >= 0.3 is 0 Å². The van der Waals surface area contributed by atoms with Crippen LogP contribution in [0.2, 0.25) is 0 Å². The number of hydrogen-bond acceptors (Lipinski definition) is 7. The average Bonchev–Trinajstić information content (AvgIpc) is 3.46. The summed E-state index contributed by atoms with van der Waals surface area (Å²) in [5.74, 6) is -0.0436. The van der Waals surface area contributed by atoms with Crippen molar-refractivity contribution >= 4 is 40.0 Å². The van der Waals surface area contributed by atoms with Gasteiger partial charge in [-0.15, -0.1) is 11.8 Å². The number of carbonyl (C=O) groups excluding carboxylic acids is 2. The number of hydrogen-bond donors (Lipinski definition) is 2. The van der Waals surface area contributed by atoms with E-state index in [-0.39, 0.29) is 11.7 Å². The zero-order chi connectivity index (χ0) is 21.1. The average molecular weight is 440 g/mol. The molecule has 0 radical (unpaired) electrons. The van der Waals surface area contributed by atoms with Gasteiger partial charge in [0.15, 0.2) is 10.9 Å². The van der Waals surface area contributed by atoms with E-state index in [1.165, 1.54) is 23.1 Å². The first-order chi connectivity index (χ1) is 14.5. The smallest absolute Gasteiger partial charge is 0.276 e. The van der Waals surface area contributed by atoms with Crippen LogP contribution in [-0.4, -0.2) is 32.3 Å². The summed E-state index contributed by atoms with van der Waals surface area (Å²) in [5, 5.41) is 7.81. The van der Waals surface area contributed by atoms with E-state index in [1.54, 1.807) is 29.1 Å². The van der Waals surface area contributed by atoms with E-state index in [0.29, 0.717) is 22.3 Å². The lowest BCUT2D eigenvalue weighted by Crippen LogP contribution is -2.16. The van der Waals surface area contributed by atoms with Crippen molar-refractivity contribution in [2.45, 2.75) is 11.1 Å². The second-order valence-electron chi connectivity index (χ2n) is 6.24. The third-order valence-electron chi connectivity index (χ3n) is 4.04. The van der Waals surface area contributed by atoms with Crippen molar-refractivity contribution < 1.29 is 14.0 Å². The highest BCUT2D eigenvalue weighted by Crippen LogP contribution is 2.32. The number of carbonyl (C=O) groups is 2. The Hall–Kier alpha value is -3.37. The fourth-order valence-corrected chi connectivity index (χ4v) is 4.59. The number of thiazole rings is 1. The highest BCUT2D eigenvalue weighted by molar-refractivity contribution is 8.01. The summed E-state index contributed by atoms with van der Waals surface area (Å²) in [7, 11) is 0. The number of anilines is 1. The number of primary amides is 1. The third kappa shape index (κ3) is 4.29. The van der Waals surface area contributed by atoms with Crippen molar-refractivity contribution in [1.29, 1.82) is 0 Å². The first-order valence-corrected chi connectivity index (χ1v) is 10.7. The lowest BCUT2D eigenvalue weighted by molar-refractivity contribution is -0.115. The van der Waals surface area contributed by atoms with Crippen molar-refractivity contribution in [3.8, 4) is 17.1 Å². The standard InChI is InChI=1S/C20H17N5O3S2/c1-12-19(29-11-17(21)26)30-20(22-12)23-18(27)15-10-14(16-8-5-9-28-16)24-25(15)13-6-3-2-4-7-13/h2-10H,11H2,1H3,(H2,21,26)(H,22,23,27). The lowest BCUT2D eigenvalue weighted by Gasteiger charge is -2.06. The SMILES string of the molecule is Cc1nc(NC(=O)c2cc(-c3ccco3)nn2-c2ccccc2)sc1SCC(N)=O. The summed E-state index contributed by atoms with van der Waals surface area (Å²) in [6, 6.07) is 14.6. The molecule has 0 atom stereocenters. The van der Waals surface area contributed by atoms with Crippen LogP contribution in [0.3, 0.4) is 0 Å². The number of para-hydroxylation sites is 1. The number of aryl methyl sites for hydroxylation is 1. The van der Waals surface area contributed by atoms with Gasteiger partial charge in [0, 0.05) is 6.07 Å². The van der Waals surface area contributed by atoms with Gasteiger partial charge in [0.1, 0.15) is 11.4 Å². The Balaban J connectivity index is 1.64. The van der Waals surface area contributed by atoms with Crippen molar-refractivity contribution in [3.05, 3.63) is 66.2 Å². The number of thioether (sulfide) groups is 1. The first kappa shape index (κ1) is 19.9. The predicted octanol–water partition coefficient (Wildman–Crippen LogP) is 3.73. The van der Waals surface area contributed by atoms with E-state index < -0.39 is 5.91 Å². The van der Waals surface area contributed by atoms with Crippen LogP contribution in [0.4, 0.5) is 5.13 Å². The highest BCUT2D eigenvalue weighted by atomic mass is 32.2. The Labute approximate surface area is 180 Å². The normalized spacial score (nSPS) is 10.8. The fourth-order valence-electron chi connectivity index (χ4n) is 2.72. The summed E-state index contributed by atoms with van der Waals surface area (Å²) >= 11 is 2.60. The van der Waals surface area contributed by atoms with E-state index in [9.17, 15) is 9.59 Å². The van der Waals surface area contributed by atoms with E-state index in [0.717, 1.165) is 15.6 Å². The van der Waals surface area contributed by atoms with Crippen molar-refractivity contribution in [2.24, 2.45) is 5.73 Å². The molecule has 30 heavy (non-hydrogen) atoms. The summed E-state index contributed by atoms with van der Waals surface area (Å²) in [6.07, 6.45) is 1.56. The number of nitrogens with one attached hydrogen (secondary N) is 1. The molecule has 0 fully saturated rings. The van der Waals surface area contributed by atoms with Crippen LogP contribution in [0.25, 0.3) is 17.1 Å². The van der Waals surface area contributed by atoms with Crippen LogP contribution in [0.15, 0.2) is 63.4 Å². The Morgan fingerprint density at radius 3 is 2.73 bits per heavy atom. The maximum absolute atomic E-state index is 13.1. The number of nitrogens with two attached hydrogens (primary N) is 1. The van der Waals surface area contributed by atoms with Gasteiger partial charge in [0.25, 0.3) is 5.91 Å². The van der Waals surface area contributed by atoms with Gasteiger partial charge in [-0.1, -0.05) is 29.5 Å². The van der Waals surface area contributed by atoms with E-state index >= 15 is 0 Å². The molecule has 3 heterocycles. The highest BCUT2D eigenvalue weighted by Gasteiger charge is 2.20. The molecule has 0 unspecified atom stereocenters. The zero-order valence-corrected chi connectivity index (χ0v) is 17.5. The zero-order valence-electron chi connectivity index (χ0n) is 15.9. The fraction of sp³-hybridized carbons (Fsp3) is 0.100. The van der Waals surface area contributed by atoms with E-state index in [1.807, 2.05) is 37.3 Å². The Bertz CT molecular complexity index is 1180. The van der Waals surface area contributed by atoms with E-state index in [2.05, 4.69) is 15.4 Å². The topological polar surface area (TPSA) is 116 Å². The molecular weight excluding hydrogens is 422 g/mol. The minimum absolute atomic E-state index is 0.156. The summed E-state index contributed by atoms with van der Waals surface area (Å²) < 4.78 is 7.83. The number of nitrogens with zero attached hydrogens (tertiary/aromatic N) is 3. The Morgan fingerprint density at radius 1 is 1.23 bits per heavy atom. The maximum atomic E-state index is 13.1. The van der Waals surface area contributed by atoms with Crippen LogP contribution in [-0.2, 0) is 4.79 Å². The maximum Gasteiger partial charge on any atom is 0.276 e. The van der Waals surface area contributed by atoms with Crippen molar-refractivity contribution in [2.75, 3.05) is 11.1 Å². The molecule has 0 aliphatic heterocycles. The molecule has 10 heteroatoms. The predicted molar refractivity (Wildman–Crippen MR) is 116 cm³/mol. The van der Waals surface area contributed by atoms with Crippen LogP contribution in [0, 0.1) is 6.92 Å². The van der Waals surface area contributed by atoms with Gasteiger partial charge in [-0.3, -0.25) is 14.9 Å². The van der Waals surface area contributed by atoms with Gasteiger partial charge in [-0.2, -0.15) is 5.10 Å². The van der Waals surface area contributed by atoms with Crippen LogP contribution < -0.4 is 11.1 Å². The van der Waals surface area contributed by atoms with Crippen LogP contribution >= 0.6 is 23.1 Å². The lowest BCUT2D eigenvalue weighted by atomic mass is 10.2. The molecule has 0 spiro atoms. The number of aromatic nitrogens is 3. The van der Waals surface area contributed by atoms with Gasteiger partial charge in [0.05, 0.1) is 27.6 Å². The molecule has 0 saturated heterocycles. The largest absolute Gasteiger partial charge is 0.463 e. The van der Waals surface area contributed by atoms with Gasteiger partial charge in [0.2, 0.25) is 5.91 Å². The quantitative estimate of drug-likeness (QED) is 0.424. The van der Waals surface area contributed by atoms with Gasteiger partial charge in [-0.05, 0) is 31.2 Å². The molecule has 3 N–H and O–H groups in total. The first-order valence-electron chi connectivity index (χ1n) is 8.90. The van der Waals surface area contributed by atoms with Gasteiger partial charge in [-0.25, -0.2) is 9.67 Å². The third-order valence-corrected chi connectivity index (χ3v) is 6.49. The van der Waals surface area contributed by atoms with Crippen molar-refractivity contribution in [3.63, 3.8) is 0 Å². The number of rotatable bonds is 7. The second-order valence-corrected chi connectivity index (χ2v) is 8.48. The van der Waals surface area contributed by atoms with Crippen molar-refractivity contribution in [1.82, 2.24) is 14.8 Å². The minimum Gasteiger partial charge on any atom is -0.463 e. The molecule has 0 bridgehead atoms. The van der Waals surface area contributed by atoms with Gasteiger partial charge < -0.3 is 10.2 Å². The summed E-state index contributed by atoms with van der Waals surface area (Å²) in [4.78, 5) is 28.5. The van der Waals surface area contributed by atoms with Crippen LogP contribution in [0.1, 0.15) is 16.2 Å². The molecule has 0 saturated carbocycles. The molecule has 1 aromatic carbocycles.